The molecule has 0 heterocycles. The summed E-state index contributed by atoms with van der Waals surface area (Å²) in [6, 6.07) is 2.23. The lowest BCUT2D eigenvalue weighted by Gasteiger charge is -2.17. The molecule has 0 saturated carbocycles. The van der Waals surface area contributed by atoms with Crippen LogP contribution in [0.1, 0.15) is 5.56 Å². The van der Waals surface area contributed by atoms with Gasteiger partial charge in [0.1, 0.15) is 11.8 Å². The molecule has 0 bridgehead atoms. The molecule has 0 saturated heterocycles. The first kappa shape index (κ1) is 15.4. The first-order valence-corrected chi connectivity index (χ1v) is 5.53. The number of hydrogen-bond donors (Lipinski definition) is 5. The molecular formula is C12H13NO7. The Labute approximate surface area is 113 Å². The van der Waals surface area contributed by atoms with E-state index in [4.69, 9.17) is 20.4 Å². The van der Waals surface area contributed by atoms with Crippen molar-refractivity contribution >= 4 is 17.9 Å². The molecule has 0 radical (unpaired) electrons. The number of carbonyl (C=O) groups is 3. The van der Waals surface area contributed by atoms with E-state index in [0.717, 1.165) is 0 Å². The van der Waals surface area contributed by atoms with Crippen LogP contribution in [0.2, 0.25) is 0 Å². The van der Waals surface area contributed by atoms with Crippen LogP contribution < -0.4 is 5.32 Å². The lowest BCUT2D eigenvalue weighted by atomic mass is 10.0. The van der Waals surface area contributed by atoms with Gasteiger partial charge in [-0.3, -0.25) is 10.1 Å². The van der Waals surface area contributed by atoms with Crippen LogP contribution in [-0.4, -0.2) is 50.4 Å². The lowest BCUT2D eigenvalue weighted by Crippen LogP contribution is -2.52. The van der Waals surface area contributed by atoms with Gasteiger partial charge in [0, 0.05) is 0 Å². The largest absolute Gasteiger partial charge is 0.508 e. The second kappa shape index (κ2) is 6.53. The van der Waals surface area contributed by atoms with Gasteiger partial charge in [-0.1, -0.05) is 12.1 Å². The number of nitrogens with one attached hydrogen (secondary N) is 1. The molecule has 0 fully saturated rings. The number of phenols is 1. The summed E-state index contributed by atoms with van der Waals surface area (Å²) in [5.41, 5.74) is 0.511. The summed E-state index contributed by atoms with van der Waals surface area (Å²) in [5, 5.41) is 37.6. The molecule has 1 aromatic carbocycles. The van der Waals surface area contributed by atoms with Gasteiger partial charge in [0.25, 0.3) is 0 Å². The van der Waals surface area contributed by atoms with Crippen molar-refractivity contribution in [3.05, 3.63) is 29.8 Å². The molecule has 0 amide bonds. The summed E-state index contributed by atoms with van der Waals surface area (Å²) in [6.07, 6.45) is -0.118. The average Bonchev–Trinajstić information content (AvgIpc) is 2.35. The van der Waals surface area contributed by atoms with Gasteiger partial charge >= 0.3 is 17.9 Å². The van der Waals surface area contributed by atoms with Gasteiger partial charge in [-0.15, -0.1) is 0 Å². The summed E-state index contributed by atoms with van der Waals surface area (Å²) in [7, 11) is 0. The highest BCUT2D eigenvalue weighted by Gasteiger charge is 2.31. The molecule has 0 aliphatic heterocycles. The van der Waals surface area contributed by atoms with Crippen LogP contribution in [0.5, 0.6) is 5.75 Å². The molecule has 8 heteroatoms. The molecule has 1 rings (SSSR count). The van der Waals surface area contributed by atoms with Crippen molar-refractivity contribution in [2.24, 2.45) is 0 Å². The number of carboxylic acids is 3. The molecule has 108 valence electrons. The zero-order valence-electron chi connectivity index (χ0n) is 10.2. The van der Waals surface area contributed by atoms with Gasteiger partial charge < -0.3 is 20.4 Å². The second-order valence-corrected chi connectivity index (χ2v) is 4.04. The Morgan fingerprint density at radius 3 is 1.85 bits per heavy atom. The Kier molecular flexibility index (Phi) is 5.04. The van der Waals surface area contributed by atoms with Gasteiger partial charge in [-0.25, -0.2) is 9.59 Å². The maximum absolute atomic E-state index is 11.1. The fourth-order valence-electron chi connectivity index (χ4n) is 1.53. The van der Waals surface area contributed by atoms with Crippen LogP contribution in [0.25, 0.3) is 0 Å². The van der Waals surface area contributed by atoms with E-state index < -0.39 is 30.0 Å². The third-order valence-corrected chi connectivity index (χ3v) is 2.54. The van der Waals surface area contributed by atoms with Crippen LogP contribution in [0.3, 0.4) is 0 Å². The highest BCUT2D eigenvalue weighted by atomic mass is 16.4. The predicted molar refractivity (Wildman–Crippen MR) is 65.4 cm³/mol. The van der Waals surface area contributed by atoms with E-state index in [0.29, 0.717) is 5.56 Å². The molecule has 0 aliphatic rings. The van der Waals surface area contributed by atoms with Crippen molar-refractivity contribution in [3.8, 4) is 5.75 Å². The molecule has 5 N–H and O–H groups in total. The van der Waals surface area contributed by atoms with Crippen LogP contribution in [0.15, 0.2) is 24.3 Å². The normalized spacial score (nSPS) is 12.1. The zero-order chi connectivity index (χ0) is 15.3. The van der Waals surface area contributed by atoms with E-state index in [9.17, 15) is 14.4 Å². The Hall–Kier alpha value is -2.61. The fraction of sp³-hybridized carbons (Fsp3) is 0.250. The predicted octanol–water partition coefficient (Wildman–Crippen LogP) is -0.485. The number of hydrogen-bond acceptors (Lipinski definition) is 5. The summed E-state index contributed by atoms with van der Waals surface area (Å²) < 4.78 is 0. The van der Waals surface area contributed by atoms with Gasteiger partial charge in [-0.2, -0.15) is 0 Å². The maximum atomic E-state index is 11.1. The minimum atomic E-state index is -2.01. The SMILES string of the molecule is O=C(O)C(Cc1ccc(O)cc1)NC(C(=O)O)C(=O)O. The smallest absolute Gasteiger partial charge is 0.332 e. The topological polar surface area (TPSA) is 144 Å². The highest BCUT2D eigenvalue weighted by molar-refractivity contribution is 5.97. The van der Waals surface area contributed by atoms with Crippen LogP contribution >= 0.6 is 0 Å². The van der Waals surface area contributed by atoms with Crippen molar-refractivity contribution in [2.45, 2.75) is 18.5 Å². The summed E-state index contributed by atoms with van der Waals surface area (Å²) in [4.78, 5) is 32.5. The molecule has 1 atom stereocenters. The van der Waals surface area contributed by atoms with Crippen LogP contribution in [0.4, 0.5) is 0 Å². The molecule has 1 aromatic rings. The van der Waals surface area contributed by atoms with Crippen molar-refractivity contribution in [2.75, 3.05) is 0 Å². The van der Waals surface area contributed by atoms with E-state index in [1.54, 1.807) is 0 Å². The van der Waals surface area contributed by atoms with Gasteiger partial charge in [0.15, 0.2) is 0 Å². The van der Waals surface area contributed by atoms with Gasteiger partial charge in [0.05, 0.1) is 0 Å². The number of aromatic hydroxyl groups is 1. The Balaban J connectivity index is 2.84. The van der Waals surface area contributed by atoms with E-state index in [1.165, 1.54) is 24.3 Å². The van der Waals surface area contributed by atoms with Crippen molar-refractivity contribution < 1.29 is 34.8 Å². The van der Waals surface area contributed by atoms with Crippen LogP contribution in [0, 0.1) is 0 Å². The molecule has 1 unspecified atom stereocenters. The Morgan fingerprint density at radius 1 is 0.950 bits per heavy atom. The van der Waals surface area contributed by atoms with Gasteiger partial charge in [-0.05, 0) is 24.1 Å². The number of benzene rings is 1. The standard InChI is InChI=1S/C12H13NO7/c14-7-3-1-6(2-4-7)5-8(10(15)16)13-9(11(17)18)12(19)20/h1-4,8-9,13-14H,5H2,(H,15,16)(H,17,18)(H,19,20). The minimum absolute atomic E-state index is 0.00235. The zero-order valence-corrected chi connectivity index (χ0v) is 10.2. The molecule has 0 aromatic heterocycles. The molecule has 0 aliphatic carbocycles. The third-order valence-electron chi connectivity index (χ3n) is 2.54. The highest BCUT2D eigenvalue weighted by Crippen LogP contribution is 2.11. The van der Waals surface area contributed by atoms with E-state index in [1.807, 2.05) is 0 Å². The first-order chi connectivity index (χ1) is 9.31. The number of aliphatic carboxylic acids is 3. The fourth-order valence-corrected chi connectivity index (χ4v) is 1.53. The van der Waals surface area contributed by atoms with Crippen molar-refractivity contribution in [3.63, 3.8) is 0 Å². The Morgan fingerprint density at radius 2 is 1.45 bits per heavy atom. The monoisotopic (exact) mass is 283 g/mol. The molecular weight excluding hydrogens is 270 g/mol. The van der Waals surface area contributed by atoms with Gasteiger partial charge in [0.2, 0.25) is 6.04 Å². The maximum Gasteiger partial charge on any atom is 0.332 e. The minimum Gasteiger partial charge on any atom is -0.508 e. The average molecular weight is 283 g/mol. The second-order valence-electron chi connectivity index (χ2n) is 4.04. The number of carboxylic acid groups (broad SMARTS) is 3. The number of phenolic OH excluding ortho intramolecular Hbond substituents is 1. The molecule has 0 spiro atoms. The third kappa shape index (κ3) is 4.25. The van der Waals surface area contributed by atoms with Crippen LogP contribution in [-0.2, 0) is 20.8 Å². The molecule has 20 heavy (non-hydrogen) atoms. The lowest BCUT2D eigenvalue weighted by molar-refractivity contribution is -0.152. The summed E-state index contributed by atoms with van der Waals surface area (Å²) >= 11 is 0. The molecule has 8 nitrogen and oxygen atoms in total. The summed E-state index contributed by atoms with van der Waals surface area (Å²) in [6.45, 7) is 0. The van der Waals surface area contributed by atoms with E-state index >= 15 is 0 Å². The van der Waals surface area contributed by atoms with Crippen molar-refractivity contribution in [1.29, 1.82) is 0 Å². The summed E-state index contributed by atoms with van der Waals surface area (Å²) in [5.74, 6) is -4.71. The quantitative estimate of drug-likeness (QED) is 0.422. The first-order valence-electron chi connectivity index (χ1n) is 5.53. The number of rotatable bonds is 7. The van der Waals surface area contributed by atoms with E-state index in [2.05, 4.69) is 5.32 Å². The van der Waals surface area contributed by atoms with Crippen molar-refractivity contribution in [1.82, 2.24) is 5.32 Å². The van der Waals surface area contributed by atoms with E-state index in [-0.39, 0.29) is 12.2 Å². The Bertz CT molecular complexity index is 497.